The van der Waals surface area contributed by atoms with Crippen molar-refractivity contribution in [2.45, 2.75) is 74.6 Å². The smallest absolute Gasteiger partial charge is 0.0886 e. The van der Waals surface area contributed by atoms with Gasteiger partial charge in [-0.2, -0.15) is 0 Å². The molecule has 0 aromatic heterocycles. The molecule has 0 aromatic carbocycles. The van der Waals surface area contributed by atoms with Crippen LogP contribution in [0.4, 0.5) is 0 Å². The molecule has 0 amide bonds. The molecule has 0 aromatic rings. The number of ether oxygens (including phenoxy) is 1. The van der Waals surface area contributed by atoms with Crippen LogP contribution < -0.4 is 0 Å². The number of hydrogen-bond acceptors (Lipinski definition) is 2. The van der Waals surface area contributed by atoms with E-state index in [1.807, 2.05) is 6.08 Å². The zero-order chi connectivity index (χ0) is 14.8. The third-order valence-corrected chi connectivity index (χ3v) is 6.66. The Hall–Kier alpha value is 0.130. The van der Waals surface area contributed by atoms with Crippen LogP contribution in [-0.2, 0) is 4.74 Å². The van der Waals surface area contributed by atoms with Gasteiger partial charge in [0.25, 0.3) is 0 Å². The lowest BCUT2D eigenvalue weighted by molar-refractivity contribution is 0.0474. The molecule has 1 N–H and O–H groups in total. The van der Waals surface area contributed by atoms with Gasteiger partial charge in [0.05, 0.1) is 17.8 Å². The predicted octanol–water partition coefficient (Wildman–Crippen LogP) is 4.41. The van der Waals surface area contributed by atoms with Gasteiger partial charge in [-0.05, 0) is 32.3 Å². The second-order valence-electron chi connectivity index (χ2n) is 6.38. The van der Waals surface area contributed by atoms with Crippen LogP contribution in [0.5, 0.6) is 0 Å². The van der Waals surface area contributed by atoms with E-state index >= 15 is 0 Å². The quantitative estimate of drug-likeness (QED) is 0.440. The number of allylic oxidation sites excluding steroid dienone is 1. The molecule has 4 atom stereocenters. The maximum Gasteiger partial charge on any atom is 0.0886 e. The minimum Gasteiger partial charge on any atom is -0.386 e. The normalized spacial score (nSPS) is 38.5. The van der Waals surface area contributed by atoms with Gasteiger partial charge in [-0.25, -0.2) is 0 Å². The average molecular weight is 390 g/mol. The summed E-state index contributed by atoms with van der Waals surface area (Å²) in [7, 11) is 0. The fourth-order valence-electron chi connectivity index (χ4n) is 3.28. The zero-order valence-corrected chi connectivity index (χ0v) is 15.0. The molecule has 0 radical (unpaired) electrons. The summed E-state index contributed by atoms with van der Waals surface area (Å²) in [6.07, 6.45) is 11.9. The largest absolute Gasteiger partial charge is 0.386 e. The molecule has 1 aliphatic carbocycles. The first-order chi connectivity index (χ1) is 9.47. The monoisotopic (exact) mass is 390 g/mol. The first-order valence-electron chi connectivity index (χ1n) is 7.81. The Morgan fingerprint density at radius 3 is 2.55 bits per heavy atom. The zero-order valence-electron chi connectivity index (χ0n) is 12.8. The van der Waals surface area contributed by atoms with Crippen LogP contribution in [0, 0.1) is 5.92 Å². The first-order valence-corrected chi connectivity index (χ1v) is 9.05. The minimum atomic E-state index is -0.588. The second-order valence-corrected chi connectivity index (χ2v) is 7.82. The SMILES string of the molecule is C/C=C(\C)[C@H]1O[C@H](/C=C/C2(O)CCCCC2)[C@@H](I)[C@@H]1C. The highest BCUT2D eigenvalue weighted by molar-refractivity contribution is 14.1. The highest BCUT2D eigenvalue weighted by Crippen LogP contribution is 2.37. The number of hydrogen-bond donors (Lipinski definition) is 1. The molecule has 0 bridgehead atoms. The lowest BCUT2D eigenvalue weighted by Gasteiger charge is -2.29. The van der Waals surface area contributed by atoms with E-state index in [2.05, 4.69) is 55.5 Å². The van der Waals surface area contributed by atoms with Crippen molar-refractivity contribution in [2.75, 3.05) is 0 Å². The van der Waals surface area contributed by atoms with Crippen molar-refractivity contribution in [3.05, 3.63) is 23.8 Å². The average Bonchev–Trinajstić information content (AvgIpc) is 2.73. The Bertz CT molecular complexity index is 382. The molecule has 0 unspecified atom stereocenters. The Kier molecular flexibility index (Phi) is 5.71. The Morgan fingerprint density at radius 1 is 1.30 bits per heavy atom. The summed E-state index contributed by atoms with van der Waals surface area (Å²) < 4.78 is 6.67. The van der Waals surface area contributed by atoms with Gasteiger partial charge in [-0.3, -0.25) is 0 Å². The van der Waals surface area contributed by atoms with Gasteiger partial charge in [-0.15, -0.1) is 0 Å². The van der Waals surface area contributed by atoms with Crippen LogP contribution in [0.3, 0.4) is 0 Å². The van der Waals surface area contributed by atoms with Crippen LogP contribution >= 0.6 is 22.6 Å². The number of alkyl halides is 1. The molecular formula is C17H27IO2. The number of halogens is 1. The Morgan fingerprint density at radius 2 is 1.95 bits per heavy atom. The van der Waals surface area contributed by atoms with Gasteiger partial charge in [0.2, 0.25) is 0 Å². The van der Waals surface area contributed by atoms with Gasteiger partial charge in [0.1, 0.15) is 0 Å². The molecule has 1 saturated carbocycles. The summed E-state index contributed by atoms with van der Waals surface area (Å²) in [6.45, 7) is 6.48. The third kappa shape index (κ3) is 3.66. The number of aliphatic hydroxyl groups is 1. The summed E-state index contributed by atoms with van der Waals surface area (Å²) in [5.74, 6) is 0.516. The van der Waals surface area contributed by atoms with Crippen LogP contribution in [-0.4, -0.2) is 26.8 Å². The van der Waals surface area contributed by atoms with E-state index in [1.54, 1.807) is 0 Å². The van der Waals surface area contributed by atoms with Gasteiger partial charge in [-0.1, -0.05) is 67.0 Å². The van der Waals surface area contributed by atoms with E-state index < -0.39 is 5.60 Å². The highest BCUT2D eigenvalue weighted by Gasteiger charge is 2.40. The van der Waals surface area contributed by atoms with Crippen LogP contribution in [0.1, 0.15) is 52.9 Å². The molecule has 114 valence electrons. The Balaban J connectivity index is 2.02. The fraction of sp³-hybridized carbons (Fsp3) is 0.765. The summed E-state index contributed by atoms with van der Waals surface area (Å²) in [6, 6.07) is 0. The summed E-state index contributed by atoms with van der Waals surface area (Å²) in [5, 5.41) is 10.5. The van der Waals surface area contributed by atoms with Crippen LogP contribution in [0.15, 0.2) is 23.8 Å². The Labute approximate surface area is 136 Å². The predicted molar refractivity (Wildman–Crippen MR) is 92.2 cm³/mol. The highest BCUT2D eigenvalue weighted by atomic mass is 127. The minimum absolute atomic E-state index is 0.122. The van der Waals surface area contributed by atoms with Crippen molar-refractivity contribution in [3.8, 4) is 0 Å². The van der Waals surface area contributed by atoms with E-state index in [-0.39, 0.29) is 12.2 Å². The first kappa shape index (κ1) is 16.5. The van der Waals surface area contributed by atoms with E-state index in [9.17, 15) is 5.11 Å². The molecule has 0 spiro atoms. The fourth-order valence-corrected chi connectivity index (χ4v) is 4.06. The molecule has 2 fully saturated rings. The van der Waals surface area contributed by atoms with Crippen molar-refractivity contribution >= 4 is 22.6 Å². The van der Waals surface area contributed by atoms with Gasteiger partial charge in [0, 0.05) is 9.84 Å². The third-order valence-electron chi connectivity index (χ3n) is 4.82. The van der Waals surface area contributed by atoms with Gasteiger partial charge < -0.3 is 9.84 Å². The van der Waals surface area contributed by atoms with E-state index in [4.69, 9.17) is 4.74 Å². The molecule has 2 rings (SSSR count). The van der Waals surface area contributed by atoms with Crippen molar-refractivity contribution in [1.29, 1.82) is 0 Å². The lowest BCUT2D eigenvalue weighted by Crippen LogP contribution is -2.29. The maximum atomic E-state index is 10.5. The molecule has 3 heteroatoms. The van der Waals surface area contributed by atoms with Gasteiger partial charge >= 0.3 is 0 Å². The summed E-state index contributed by atoms with van der Waals surface area (Å²) >= 11 is 2.50. The molecule has 1 saturated heterocycles. The molecular weight excluding hydrogens is 363 g/mol. The molecule has 2 nitrogen and oxygen atoms in total. The van der Waals surface area contributed by atoms with Crippen molar-refractivity contribution in [3.63, 3.8) is 0 Å². The van der Waals surface area contributed by atoms with Gasteiger partial charge in [0.15, 0.2) is 0 Å². The second kappa shape index (κ2) is 6.93. The molecule has 20 heavy (non-hydrogen) atoms. The summed E-state index contributed by atoms with van der Waals surface area (Å²) in [4.78, 5) is 0. The van der Waals surface area contributed by atoms with E-state index in [0.717, 1.165) is 25.7 Å². The number of rotatable bonds is 3. The van der Waals surface area contributed by atoms with Crippen LogP contribution in [0.2, 0.25) is 0 Å². The molecule has 1 heterocycles. The van der Waals surface area contributed by atoms with Crippen LogP contribution in [0.25, 0.3) is 0 Å². The summed E-state index contributed by atoms with van der Waals surface area (Å²) in [5.41, 5.74) is 0.723. The maximum absolute atomic E-state index is 10.5. The molecule has 2 aliphatic rings. The van der Waals surface area contributed by atoms with Crippen molar-refractivity contribution in [2.24, 2.45) is 5.92 Å². The van der Waals surface area contributed by atoms with Crippen molar-refractivity contribution in [1.82, 2.24) is 0 Å². The topological polar surface area (TPSA) is 29.5 Å². The molecule has 1 aliphatic heterocycles. The lowest BCUT2D eigenvalue weighted by atomic mass is 9.84. The van der Waals surface area contributed by atoms with E-state index in [0.29, 0.717) is 9.84 Å². The van der Waals surface area contributed by atoms with Crippen molar-refractivity contribution < 1.29 is 9.84 Å². The van der Waals surface area contributed by atoms with E-state index in [1.165, 1.54) is 12.0 Å². The standard InChI is InChI=1S/C17H27IO2/c1-4-12(2)16-13(3)15(18)14(20-16)8-11-17(19)9-6-5-7-10-17/h4,8,11,13-16,19H,5-7,9-10H2,1-3H3/b11-8+,12-4+/t13-,14+,15-,16+/m0/s1.